The van der Waals surface area contributed by atoms with E-state index >= 15 is 0 Å². The van der Waals surface area contributed by atoms with Crippen LogP contribution in [0.2, 0.25) is 0 Å². The third kappa shape index (κ3) is 5.75. The van der Waals surface area contributed by atoms with E-state index in [1.54, 1.807) is 7.11 Å². The third-order valence-corrected chi connectivity index (χ3v) is 5.99. The summed E-state index contributed by atoms with van der Waals surface area (Å²) in [5.74, 6) is 0.864. The van der Waals surface area contributed by atoms with Crippen LogP contribution >= 0.6 is 0 Å². The number of nitrogens with zero attached hydrogens (tertiary/aromatic N) is 2. The van der Waals surface area contributed by atoms with E-state index in [-0.39, 0.29) is 11.9 Å². The van der Waals surface area contributed by atoms with Gasteiger partial charge in [0.05, 0.1) is 19.7 Å². The van der Waals surface area contributed by atoms with Crippen LogP contribution in [-0.2, 0) is 11.3 Å². The van der Waals surface area contributed by atoms with Gasteiger partial charge in [0, 0.05) is 32.7 Å². The highest BCUT2D eigenvalue weighted by atomic mass is 16.5. The SMILES string of the molecule is COc1cccc(CNC(=O)CN2CCN(C(c3ccccc3)c3ccccc3)CC2)c1. The fourth-order valence-electron chi connectivity index (χ4n) is 4.31. The Hall–Kier alpha value is -3.15. The van der Waals surface area contributed by atoms with Gasteiger partial charge in [-0.05, 0) is 28.8 Å². The number of benzene rings is 3. The predicted molar refractivity (Wildman–Crippen MR) is 128 cm³/mol. The zero-order valence-electron chi connectivity index (χ0n) is 18.6. The van der Waals surface area contributed by atoms with Gasteiger partial charge in [-0.2, -0.15) is 0 Å². The molecule has 1 heterocycles. The number of piperazine rings is 1. The van der Waals surface area contributed by atoms with E-state index in [9.17, 15) is 4.79 Å². The minimum atomic E-state index is 0.0592. The molecule has 3 aromatic rings. The predicted octanol–water partition coefficient (Wildman–Crippen LogP) is 3.72. The van der Waals surface area contributed by atoms with Crippen molar-refractivity contribution in [2.75, 3.05) is 39.8 Å². The monoisotopic (exact) mass is 429 g/mol. The molecule has 3 aromatic carbocycles. The molecule has 1 amide bonds. The Labute approximate surface area is 190 Å². The summed E-state index contributed by atoms with van der Waals surface area (Å²) in [6, 6.07) is 29.4. The first-order chi connectivity index (χ1) is 15.7. The van der Waals surface area contributed by atoms with Crippen LogP contribution in [0, 0.1) is 0 Å². The van der Waals surface area contributed by atoms with Gasteiger partial charge in [0.1, 0.15) is 5.75 Å². The van der Waals surface area contributed by atoms with Crippen LogP contribution < -0.4 is 10.1 Å². The molecule has 0 bridgehead atoms. The van der Waals surface area contributed by atoms with Gasteiger partial charge in [0.25, 0.3) is 0 Å². The summed E-state index contributed by atoms with van der Waals surface area (Å²) in [7, 11) is 1.65. The van der Waals surface area contributed by atoms with Gasteiger partial charge in [0.15, 0.2) is 0 Å². The van der Waals surface area contributed by atoms with Crippen molar-refractivity contribution in [3.05, 3.63) is 102 Å². The Morgan fingerprint density at radius 3 is 2.09 bits per heavy atom. The lowest BCUT2D eigenvalue weighted by Crippen LogP contribution is -2.50. The summed E-state index contributed by atoms with van der Waals surface area (Å²) in [6.07, 6.45) is 0. The molecular formula is C27H31N3O2. The second kappa shape index (κ2) is 10.9. The molecular weight excluding hydrogens is 398 g/mol. The van der Waals surface area contributed by atoms with E-state index in [1.165, 1.54) is 11.1 Å². The van der Waals surface area contributed by atoms with E-state index in [2.05, 4.69) is 75.8 Å². The zero-order chi connectivity index (χ0) is 22.2. The zero-order valence-corrected chi connectivity index (χ0v) is 18.6. The van der Waals surface area contributed by atoms with Gasteiger partial charge >= 0.3 is 0 Å². The molecule has 1 saturated heterocycles. The van der Waals surface area contributed by atoms with Crippen molar-refractivity contribution in [2.45, 2.75) is 12.6 Å². The van der Waals surface area contributed by atoms with Crippen molar-refractivity contribution in [3.63, 3.8) is 0 Å². The molecule has 166 valence electrons. The fraction of sp³-hybridized carbons (Fsp3) is 0.296. The largest absolute Gasteiger partial charge is 0.497 e. The molecule has 0 spiro atoms. The first-order valence-corrected chi connectivity index (χ1v) is 11.2. The van der Waals surface area contributed by atoms with E-state index in [0.29, 0.717) is 13.1 Å². The highest BCUT2D eigenvalue weighted by Crippen LogP contribution is 2.29. The Morgan fingerprint density at radius 1 is 0.875 bits per heavy atom. The molecule has 32 heavy (non-hydrogen) atoms. The highest BCUT2D eigenvalue weighted by molar-refractivity contribution is 5.78. The number of methoxy groups -OCH3 is 1. The molecule has 1 N–H and O–H groups in total. The van der Waals surface area contributed by atoms with Gasteiger partial charge in [-0.1, -0.05) is 72.8 Å². The van der Waals surface area contributed by atoms with Crippen LogP contribution in [0.15, 0.2) is 84.9 Å². The fourth-order valence-corrected chi connectivity index (χ4v) is 4.31. The molecule has 0 aliphatic carbocycles. The summed E-state index contributed by atoms with van der Waals surface area (Å²) >= 11 is 0. The van der Waals surface area contributed by atoms with Gasteiger partial charge in [-0.15, -0.1) is 0 Å². The Balaban J connectivity index is 1.32. The van der Waals surface area contributed by atoms with Crippen molar-refractivity contribution in [3.8, 4) is 5.75 Å². The molecule has 0 atom stereocenters. The number of nitrogens with one attached hydrogen (secondary N) is 1. The van der Waals surface area contributed by atoms with Crippen LogP contribution in [0.25, 0.3) is 0 Å². The molecule has 1 fully saturated rings. The summed E-state index contributed by atoms with van der Waals surface area (Å²) in [6.45, 7) is 4.56. The number of carbonyl (C=O) groups is 1. The van der Waals surface area contributed by atoms with Crippen molar-refractivity contribution < 1.29 is 9.53 Å². The van der Waals surface area contributed by atoms with E-state index in [0.717, 1.165) is 37.5 Å². The summed E-state index contributed by atoms with van der Waals surface area (Å²) in [5.41, 5.74) is 3.66. The summed E-state index contributed by atoms with van der Waals surface area (Å²) < 4.78 is 5.25. The van der Waals surface area contributed by atoms with Crippen LogP contribution in [0.1, 0.15) is 22.7 Å². The lowest BCUT2D eigenvalue weighted by molar-refractivity contribution is -0.122. The van der Waals surface area contributed by atoms with Gasteiger partial charge in [-0.25, -0.2) is 0 Å². The molecule has 1 aliphatic heterocycles. The first kappa shape index (κ1) is 22.1. The first-order valence-electron chi connectivity index (χ1n) is 11.2. The average molecular weight is 430 g/mol. The maximum absolute atomic E-state index is 12.5. The van der Waals surface area contributed by atoms with Crippen LogP contribution in [0.4, 0.5) is 0 Å². The minimum absolute atomic E-state index is 0.0592. The lowest BCUT2D eigenvalue weighted by Gasteiger charge is -2.39. The maximum atomic E-state index is 12.5. The van der Waals surface area contributed by atoms with Crippen molar-refractivity contribution in [2.24, 2.45) is 0 Å². The highest BCUT2D eigenvalue weighted by Gasteiger charge is 2.26. The summed E-state index contributed by atoms with van der Waals surface area (Å²) in [4.78, 5) is 17.3. The number of ether oxygens (including phenoxy) is 1. The number of carbonyl (C=O) groups excluding carboxylic acids is 1. The van der Waals surface area contributed by atoms with Crippen LogP contribution in [0.3, 0.4) is 0 Å². The molecule has 0 saturated carbocycles. The second-order valence-electron chi connectivity index (χ2n) is 8.16. The second-order valence-corrected chi connectivity index (χ2v) is 8.16. The number of hydrogen-bond donors (Lipinski definition) is 1. The maximum Gasteiger partial charge on any atom is 0.234 e. The van der Waals surface area contributed by atoms with Gasteiger partial charge in [-0.3, -0.25) is 14.6 Å². The van der Waals surface area contributed by atoms with Gasteiger partial charge in [0.2, 0.25) is 5.91 Å². The van der Waals surface area contributed by atoms with Crippen molar-refractivity contribution in [1.82, 2.24) is 15.1 Å². The smallest absolute Gasteiger partial charge is 0.234 e. The normalized spacial score (nSPS) is 14.9. The van der Waals surface area contributed by atoms with Crippen LogP contribution in [0.5, 0.6) is 5.75 Å². The quantitative estimate of drug-likeness (QED) is 0.593. The Bertz CT molecular complexity index is 947. The van der Waals surface area contributed by atoms with Crippen molar-refractivity contribution >= 4 is 5.91 Å². The lowest BCUT2D eigenvalue weighted by atomic mass is 9.96. The molecule has 5 heteroatoms. The third-order valence-electron chi connectivity index (χ3n) is 5.99. The van der Waals surface area contributed by atoms with Crippen molar-refractivity contribution in [1.29, 1.82) is 0 Å². The van der Waals surface area contributed by atoms with E-state index in [4.69, 9.17) is 4.74 Å². The van der Waals surface area contributed by atoms with E-state index in [1.807, 2.05) is 24.3 Å². The number of rotatable bonds is 8. The van der Waals surface area contributed by atoms with Gasteiger partial charge < -0.3 is 10.1 Å². The topological polar surface area (TPSA) is 44.8 Å². The Morgan fingerprint density at radius 2 is 1.50 bits per heavy atom. The standard InChI is InChI=1S/C27H31N3O2/c1-32-25-14-8-9-22(19-25)20-28-26(31)21-29-15-17-30(18-16-29)27(23-10-4-2-5-11-23)24-12-6-3-7-13-24/h2-14,19,27H,15-18,20-21H2,1H3,(H,28,31). The minimum Gasteiger partial charge on any atom is -0.497 e. The molecule has 0 aromatic heterocycles. The summed E-state index contributed by atoms with van der Waals surface area (Å²) in [5, 5.41) is 3.03. The Kier molecular flexibility index (Phi) is 7.54. The van der Waals surface area contributed by atoms with E-state index < -0.39 is 0 Å². The average Bonchev–Trinajstić information content (AvgIpc) is 2.85. The molecule has 5 nitrogen and oxygen atoms in total. The van der Waals surface area contributed by atoms with Crippen LogP contribution in [-0.4, -0.2) is 55.5 Å². The molecule has 0 radical (unpaired) electrons. The number of amides is 1. The molecule has 1 aliphatic rings. The number of hydrogen-bond acceptors (Lipinski definition) is 4. The molecule has 0 unspecified atom stereocenters. The molecule has 4 rings (SSSR count).